The number of hydrogen-bond acceptors (Lipinski definition) is 2. The normalized spacial score (nSPS) is 11.7. The number of hydrogen-bond donors (Lipinski definition) is 2. The number of carbonyl (C=O) groups excluding carboxylic acids is 1. The van der Waals surface area contributed by atoms with Crippen LogP contribution in [0.3, 0.4) is 0 Å². The molecule has 0 aliphatic carbocycles. The molecule has 106 valence electrons. The number of para-hydroxylation sites is 1. The number of nitrogens with two attached hydrogens (primary N) is 1. The van der Waals surface area contributed by atoms with E-state index in [-0.39, 0.29) is 5.91 Å². The first-order chi connectivity index (χ1) is 8.79. The molecule has 0 aromatic heterocycles. The average Bonchev–Trinajstić information content (AvgIpc) is 2.31. The van der Waals surface area contributed by atoms with E-state index < -0.39 is 5.41 Å². The Morgan fingerprint density at radius 1 is 1.37 bits per heavy atom. The van der Waals surface area contributed by atoms with E-state index in [4.69, 9.17) is 5.73 Å². The van der Waals surface area contributed by atoms with Gasteiger partial charge in [0.15, 0.2) is 0 Å². The molecule has 1 amide bonds. The Morgan fingerprint density at radius 3 is 2.53 bits per heavy atom. The summed E-state index contributed by atoms with van der Waals surface area (Å²) in [6.45, 7) is 10.7. The minimum atomic E-state index is -0.439. The summed E-state index contributed by atoms with van der Waals surface area (Å²) in [5.74, 6) is 0.418. The Bertz CT molecular complexity index is 450. The van der Waals surface area contributed by atoms with Crippen LogP contribution in [-0.4, -0.2) is 12.5 Å². The average molecular weight is 262 g/mol. The zero-order chi connectivity index (χ0) is 14.6. The van der Waals surface area contributed by atoms with Gasteiger partial charge in [-0.3, -0.25) is 4.79 Å². The summed E-state index contributed by atoms with van der Waals surface area (Å²) >= 11 is 0. The molecule has 0 radical (unpaired) electrons. The number of carbonyl (C=O) groups is 1. The third-order valence-corrected chi connectivity index (χ3v) is 3.55. The molecule has 0 unspecified atom stereocenters. The van der Waals surface area contributed by atoms with E-state index in [9.17, 15) is 4.79 Å². The maximum absolute atomic E-state index is 12.4. The van der Waals surface area contributed by atoms with Gasteiger partial charge in [0.1, 0.15) is 0 Å². The number of benzene rings is 1. The van der Waals surface area contributed by atoms with Gasteiger partial charge in [0, 0.05) is 11.1 Å². The Kier molecular flexibility index (Phi) is 5.12. The van der Waals surface area contributed by atoms with Crippen molar-refractivity contribution in [1.29, 1.82) is 0 Å². The fourth-order valence-electron chi connectivity index (χ4n) is 2.10. The number of rotatable bonds is 5. The van der Waals surface area contributed by atoms with Gasteiger partial charge in [0.25, 0.3) is 0 Å². The van der Waals surface area contributed by atoms with Crippen LogP contribution in [0, 0.1) is 12.3 Å². The topological polar surface area (TPSA) is 55.1 Å². The van der Waals surface area contributed by atoms with E-state index in [2.05, 4.69) is 25.2 Å². The summed E-state index contributed by atoms with van der Waals surface area (Å²) in [4.78, 5) is 12.4. The number of anilines is 1. The van der Waals surface area contributed by atoms with Crippen molar-refractivity contribution < 1.29 is 4.79 Å². The lowest BCUT2D eigenvalue weighted by Gasteiger charge is -2.25. The number of aryl methyl sites for hydroxylation is 1. The molecule has 0 fully saturated rings. The van der Waals surface area contributed by atoms with Crippen molar-refractivity contribution in [1.82, 2.24) is 0 Å². The van der Waals surface area contributed by atoms with Crippen LogP contribution in [-0.2, 0) is 4.79 Å². The van der Waals surface area contributed by atoms with Gasteiger partial charge in [-0.25, -0.2) is 0 Å². The van der Waals surface area contributed by atoms with Crippen molar-refractivity contribution >= 4 is 11.6 Å². The van der Waals surface area contributed by atoms with E-state index in [1.54, 1.807) is 0 Å². The zero-order valence-corrected chi connectivity index (χ0v) is 12.7. The van der Waals surface area contributed by atoms with Crippen LogP contribution < -0.4 is 11.1 Å². The van der Waals surface area contributed by atoms with Crippen LogP contribution >= 0.6 is 0 Å². The Morgan fingerprint density at radius 2 is 2.00 bits per heavy atom. The molecule has 1 aromatic rings. The van der Waals surface area contributed by atoms with Gasteiger partial charge in [-0.2, -0.15) is 0 Å². The quantitative estimate of drug-likeness (QED) is 0.854. The van der Waals surface area contributed by atoms with E-state index in [1.807, 2.05) is 32.9 Å². The predicted molar refractivity (Wildman–Crippen MR) is 81.4 cm³/mol. The molecular weight excluding hydrogens is 236 g/mol. The third-order valence-electron chi connectivity index (χ3n) is 3.55. The van der Waals surface area contributed by atoms with Crippen LogP contribution in [0.25, 0.3) is 0 Å². The SMILES string of the molecule is Cc1cccc(C(C)C)c1NC(=O)C(C)(C)CCN. The van der Waals surface area contributed by atoms with Gasteiger partial charge >= 0.3 is 0 Å². The molecule has 1 rings (SSSR count). The van der Waals surface area contributed by atoms with Crippen LogP contribution in [0.15, 0.2) is 18.2 Å². The van der Waals surface area contributed by atoms with Crippen LogP contribution in [0.4, 0.5) is 5.69 Å². The first-order valence-electron chi connectivity index (χ1n) is 6.90. The molecule has 3 heteroatoms. The lowest BCUT2D eigenvalue weighted by Crippen LogP contribution is -2.33. The first-order valence-corrected chi connectivity index (χ1v) is 6.90. The van der Waals surface area contributed by atoms with Gasteiger partial charge in [-0.15, -0.1) is 0 Å². The lowest BCUT2D eigenvalue weighted by atomic mass is 9.87. The van der Waals surface area contributed by atoms with E-state index in [1.165, 1.54) is 5.56 Å². The molecule has 0 aliphatic rings. The highest BCUT2D eigenvalue weighted by atomic mass is 16.2. The first kappa shape index (κ1) is 15.7. The Hall–Kier alpha value is -1.35. The monoisotopic (exact) mass is 262 g/mol. The van der Waals surface area contributed by atoms with E-state index >= 15 is 0 Å². The summed E-state index contributed by atoms with van der Waals surface area (Å²) in [5.41, 5.74) is 8.36. The molecule has 0 saturated carbocycles. The van der Waals surface area contributed by atoms with Gasteiger partial charge in [-0.05, 0) is 36.9 Å². The summed E-state index contributed by atoms with van der Waals surface area (Å²) in [6.07, 6.45) is 0.682. The minimum Gasteiger partial charge on any atom is -0.330 e. The van der Waals surface area contributed by atoms with Crippen molar-refractivity contribution in [2.75, 3.05) is 11.9 Å². The van der Waals surface area contributed by atoms with E-state index in [0.717, 1.165) is 11.3 Å². The Balaban J connectivity index is 3.03. The number of amides is 1. The smallest absolute Gasteiger partial charge is 0.230 e. The molecule has 0 aliphatic heterocycles. The third kappa shape index (κ3) is 3.80. The van der Waals surface area contributed by atoms with Gasteiger partial charge in [0.05, 0.1) is 0 Å². The molecule has 0 bridgehead atoms. The van der Waals surface area contributed by atoms with Crippen LogP contribution in [0.2, 0.25) is 0 Å². The molecular formula is C16H26N2O. The molecule has 19 heavy (non-hydrogen) atoms. The molecule has 0 spiro atoms. The molecule has 0 heterocycles. The maximum atomic E-state index is 12.4. The standard InChI is InChI=1S/C16H26N2O/c1-11(2)13-8-6-7-12(3)14(13)18-15(19)16(4,5)9-10-17/h6-8,11H,9-10,17H2,1-5H3,(H,18,19). The van der Waals surface area contributed by atoms with Gasteiger partial charge < -0.3 is 11.1 Å². The summed E-state index contributed by atoms with van der Waals surface area (Å²) in [5, 5.41) is 3.09. The summed E-state index contributed by atoms with van der Waals surface area (Å²) in [6, 6.07) is 6.13. The molecule has 0 saturated heterocycles. The second-order valence-electron chi connectivity index (χ2n) is 6.07. The lowest BCUT2D eigenvalue weighted by molar-refractivity contribution is -0.124. The van der Waals surface area contributed by atoms with Crippen molar-refractivity contribution in [2.45, 2.75) is 47.0 Å². The van der Waals surface area contributed by atoms with Crippen molar-refractivity contribution in [3.05, 3.63) is 29.3 Å². The van der Waals surface area contributed by atoms with Gasteiger partial charge in [-0.1, -0.05) is 45.9 Å². The highest BCUT2D eigenvalue weighted by molar-refractivity contribution is 5.96. The van der Waals surface area contributed by atoms with Crippen LogP contribution in [0.1, 0.15) is 51.2 Å². The molecule has 1 aromatic carbocycles. The molecule has 3 N–H and O–H groups in total. The highest BCUT2D eigenvalue weighted by Crippen LogP contribution is 2.30. The molecule has 0 atom stereocenters. The summed E-state index contributed by atoms with van der Waals surface area (Å²) < 4.78 is 0. The zero-order valence-electron chi connectivity index (χ0n) is 12.7. The van der Waals surface area contributed by atoms with Crippen molar-refractivity contribution in [3.63, 3.8) is 0 Å². The largest absolute Gasteiger partial charge is 0.330 e. The fraction of sp³-hybridized carbons (Fsp3) is 0.562. The number of nitrogens with one attached hydrogen (secondary N) is 1. The van der Waals surface area contributed by atoms with Gasteiger partial charge in [0.2, 0.25) is 5.91 Å². The fourth-order valence-corrected chi connectivity index (χ4v) is 2.10. The molecule has 3 nitrogen and oxygen atoms in total. The second-order valence-corrected chi connectivity index (χ2v) is 6.07. The minimum absolute atomic E-state index is 0.0363. The van der Waals surface area contributed by atoms with Crippen molar-refractivity contribution in [3.8, 4) is 0 Å². The Labute approximate surface area is 116 Å². The second kappa shape index (κ2) is 6.20. The predicted octanol–water partition coefficient (Wildman–Crippen LogP) is 3.43. The summed E-state index contributed by atoms with van der Waals surface area (Å²) in [7, 11) is 0. The van der Waals surface area contributed by atoms with Crippen LogP contribution in [0.5, 0.6) is 0 Å². The highest BCUT2D eigenvalue weighted by Gasteiger charge is 2.27. The van der Waals surface area contributed by atoms with Crippen molar-refractivity contribution in [2.24, 2.45) is 11.1 Å². The maximum Gasteiger partial charge on any atom is 0.230 e. The van der Waals surface area contributed by atoms with E-state index in [0.29, 0.717) is 18.9 Å².